The Balaban J connectivity index is 1.91. The summed E-state index contributed by atoms with van der Waals surface area (Å²) in [6.45, 7) is 1.72. The maximum Gasteiger partial charge on any atom is 0.253 e. The lowest BCUT2D eigenvalue weighted by Crippen LogP contribution is -2.23. The minimum atomic E-state index is -0.158. The molecular formula is C15H18N4O2. The Bertz CT molecular complexity index is 575. The molecule has 0 fully saturated rings. The second-order valence-corrected chi connectivity index (χ2v) is 4.42. The van der Waals surface area contributed by atoms with Crippen LogP contribution in [0.1, 0.15) is 15.9 Å². The fraction of sp³-hybridized carbons (Fsp3) is 0.267. The van der Waals surface area contributed by atoms with Gasteiger partial charge in [0.1, 0.15) is 0 Å². The highest BCUT2D eigenvalue weighted by Gasteiger charge is 2.06. The molecule has 1 amide bonds. The normalized spacial score (nSPS) is 10.1. The predicted octanol–water partition coefficient (Wildman–Crippen LogP) is 1.46. The van der Waals surface area contributed by atoms with E-state index in [4.69, 9.17) is 4.74 Å². The largest absolute Gasteiger partial charge is 0.383 e. The monoisotopic (exact) mass is 286 g/mol. The van der Waals surface area contributed by atoms with Crippen LogP contribution in [0.25, 0.3) is 0 Å². The van der Waals surface area contributed by atoms with Crippen LogP contribution in [-0.2, 0) is 11.3 Å². The number of nitrogens with one attached hydrogen (secondary N) is 2. The summed E-state index contributed by atoms with van der Waals surface area (Å²) < 4.78 is 4.96. The molecular weight excluding hydrogens is 268 g/mol. The Morgan fingerprint density at radius 3 is 2.81 bits per heavy atom. The molecule has 0 spiro atoms. The molecule has 0 radical (unpaired) electrons. The molecule has 2 aromatic rings. The van der Waals surface area contributed by atoms with Gasteiger partial charge in [0.2, 0.25) is 0 Å². The summed E-state index contributed by atoms with van der Waals surface area (Å²) in [5, 5.41) is 5.99. The molecule has 0 atom stereocenters. The second-order valence-electron chi connectivity index (χ2n) is 4.42. The third-order valence-corrected chi connectivity index (χ3v) is 2.84. The van der Waals surface area contributed by atoms with Crippen molar-refractivity contribution >= 4 is 11.6 Å². The van der Waals surface area contributed by atoms with Crippen molar-refractivity contribution in [2.75, 3.05) is 25.6 Å². The van der Waals surface area contributed by atoms with Crippen LogP contribution in [0.4, 0.5) is 5.69 Å². The number of nitrogens with zero attached hydrogens (tertiary/aromatic N) is 2. The smallest absolute Gasteiger partial charge is 0.253 e. The molecule has 2 heterocycles. The lowest BCUT2D eigenvalue weighted by Gasteiger charge is -2.08. The second kappa shape index (κ2) is 7.96. The van der Waals surface area contributed by atoms with Gasteiger partial charge < -0.3 is 15.4 Å². The minimum absolute atomic E-state index is 0.158. The van der Waals surface area contributed by atoms with E-state index in [1.165, 1.54) is 0 Å². The molecule has 2 N–H and O–H groups in total. The first-order valence-corrected chi connectivity index (χ1v) is 6.64. The maximum atomic E-state index is 12.1. The van der Waals surface area contributed by atoms with Gasteiger partial charge in [-0.05, 0) is 23.8 Å². The molecule has 0 bridgehead atoms. The Labute approximate surface area is 123 Å². The molecule has 2 aromatic heterocycles. The number of ether oxygens (including phenoxy) is 1. The number of carbonyl (C=O) groups excluding carboxylic acids is 1. The van der Waals surface area contributed by atoms with E-state index in [1.54, 1.807) is 38.0 Å². The van der Waals surface area contributed by atoms with E-state index in [-0.39, 0.29) is 5.91 Å². The van der Waals surface area contributed by atoms with Gasteiger partial charge in [0, 0.05) is 45.0 Å². The molecule has 0 aliphatic rings. The molecule has 6 nitrogen and oxygen atoms in total. The number of hydrogen-bond acceptors (Lipinski definition) is 5. The highest BCUT2D eigenvalue weighted by molar-refractivity contribution is 5.94. The molecule has 0 aliphatic heterocycles. The number of pyridine rings is 2. The van der Waals surface area contributed by atoms with Gasteiger partial charge in [0.05, 0.1) is 17.9 Å². The van der Waals surface area contributed by atoms with Crippen molar-refractivity contribution in [1.82, 2.24) is 15.3 Å². The molecule has 21 heavy (non-hydrogen) atoms. The van der Waals surface area contributed by atoms with E-state index < -0.39 is 0 Å². The van der Waals surface area contributed by atoms with Crippen molar-refractivity contribution in [3.05, 3.63) is 54.1 Å². The summed E-state index contributed by atoms with van der Waals surface area (Å²) in [6.07, 6.45) is 6.62. The quantitative estimate of drug-likeness (QED) is 0.754. The molecule has 0 saturated carbocycles. The summed E-state index contributed by atoms with van der Waals surface area (Å²) in [4.78, 5) is 20.1. The van der Waals surface area contributed by atoms with Gasteiger partial charge in [-0.15, -0.1) is 0 Å². The number of aromatic nitrogens is 2. The molecule has 0 aliphatic carbocycles. The first-order valence-electron chi connectivity index (χ1n) is 6.64. The molecule has 110 valence electrons. The number of anilines is 1. The van der Waals surface area contributed by atoms with Gasteiger partial charge in [-0.25, -0.2) is 0 Å². The van der Waals surface area contributed by atoms with Gasteiger partial charge in [0.25, 0.3) is 5.91 Å². The van der Waals surface area contributed by atoms with Crippen LogP contribution in [0.2, 0.25) is 0 Å². The van der Waals surface area contributed by atoms with Crippen molar-refractivity contribution in [2.24, 2.45) is 0 Å². The Hall–Kier alpha value is -2.47. The fourth-order valence-corrected chi connectivity index (χ4v) is 1.74. The Kier molecular flexibility index (Phi) is 5.66. The van der Waals surface area contributed by atoms with Crippen LogP contribution in [-0.4, -0.2) is 36.1 Å². The Morgan fingerprint density at radius 1 is 1.24 bits per heavy atom. The van der Waals surface area contributed by atoms with Gasteiger partial charge in [-0.1, -0.05) is 0 Å². The Morgan fingerprint density at radius 2 is 2.05 bits per heavy atom. The lowest BCUT2D eigenvalue weighted by atomic mass is 10.2. The van der Waals surface area contributed by atoms with Gasteiger partial charge in [0.15, 0.2) is 0 Å². The number of carbonyl (C=O) groups is 1. The van der Waals surface area contributed by atoms with Gasteiger partial charge in [-0.2, -0.15) is 0 Å². The first kappa shape index (κ1) is 14.9. The first-order chi connectivity index (χ1) is 10.3. The summed E-state index contributed by atoms with van der Waals surface area (Å²) in [7, 11) is 1.64. The van der Waals surface area contributed by atoms with Crippen LogP contribution in [0.3, 0.4) is 0 Å². The predicted molar refractivity (Wildman–Crippen MR) is 80.0 cm³/mol. The van der Waals surface area contributed by atoms with E-state index in [0.717, 1.165) is 11.3 Å². The van der Waals surface area contributed by atoms with Crippen molar-refractivity contribution in [3.63, 3.8) is 0 Å². The summed E-state index contributed by atoms with van der Waals surface area (Å²) in [5.41, 5.74) is 2.32. The summed E-state index contributed by atoms with van der Waals surface area (Å²) >= 11 is 0. The molecule has 6 heteroatoms. The van der Waals surface area contributed by atoms with E-state index in [0.29, 0.717) is 25.3 Å². The third kappa shape index (κ3) is 4.85. The van der Waals surface area contributed by atoms with E-state index in [1.807, 2.05) is 12.1 Å². The third-order valence-electron chi connectivity index (χ3n) is 2.84. The highest BCUT2D eigenvalue weighted by Crippen LogP contribution is 2.08. The molecule has 0 aromatic carbocycles. The molecule has 2 rings (SSSR count). The fourth-order valence-electron chi connectivity index (χ4n) is 1.74. The van der Waals surface area contributed by atoms with Gasteiger partial charge >= 0.3 is 0 Å². The number of hydrogen-bond donors (Lipinski definition) is 2. The standard InChI is InChI=1S/C15H18N4O2/c1-21-7-6-18-14-8-13(10-17-11-14)15(20)19-9-12-2-4-16-5-3-12/h2-5,8,10-11,18H,6-7,9H2,1H3,(H,19,20). The topological polar surface area (TPSA) is 76.1 Å². The average Bonchev–Trinajstić information content (AvgIpc) is 2.54. The van der Waals surface area contributed by atoms with Crippen molar-refractivity contribution in [3.8, 4) is 0 Å². The zero-order valence-corrected chi connectivity index (χ0v) is 11.9. The SMILES string of the molecule is COCCNc1cncc(C(=O)NCc2ccncc2)c1. The lowest BCUT2D eigenvalue weighted by molar-refractivity contribution is 0.0950. The van der Waals surface area contributed by atoms with E-state index in [2.05, 4.69) is 20.6 Å². The van der Waals surface area contributed by atoms with Crippen molar-refractivity contribution in [1.29, 1.82) is 0 Å². The summed E-state index contributed by atoms with van der Waals surface area (Å²) in [6, 6.07) is 5.49. The number of rotatable bonds is 7. The maximum absolute atomic E-state index is 12.1. The van der Waals surface area contributed by atoms with Crippen LogP contribution in [0.5, 0.6) is 0 Å². The minimum Gasteiger partial charge on any atom is -0.383 e. The van der Waals surface area contributed by atoms with E-state index in [9.17, 15) is 4.79 Å². The van der Waals surface area contributed by atoms with Crippen LogP contribution in [0, 0.1) is 0 Å². The van der Waals surface area contributed by atoms with Gasteiger partial charge in [-0.3, -0.25) is 14.8 Å². The van der Waals surface area contributed by atoms with Crippen LogP contribution in [0.15, 0.2) is 43.0 Å². The van der Waals surface area contributed by atoms with Crippen molar-refractivity contribution in [2.45, 2.75) is 6.54 Å². The van der Waals surface area contributed by atoms with Crippen molar-refractivity contribution < 1.29 is 9.53 Å². The number of methoxy groups -OCH3 is 1. The highest BCUT2D eigenvalue weighted by atomic mass is 16.5. The zero-order chi connectivity index (χ0) is 14.9. The zero-order valence-electron chi connectivity index (χ0n) is 11.9. The number of amides is 1. The molecule has 0 unspecified atom stereocenters. The average molecular weight is 286 g/mol. The van der Waals surface area contributed by atoms with Crippen LogP contribution >= 0.6 is 0 Å². The van der Waals surface area contributed by atoms with Crippen LogP contribution < -0.4 is 10.6 Å². The van der Waals surface area contributed by atoms with E-state index >= 15 is 0 Å². The summed E-state index contributed by atoms with van der Waals surface area (Å²) in [5.74, 6) is -0.158. The molecule has 0 saturated heterocycles.